The van der Waals surface area contributed by atoms with E-state index in [1.165, 1.54) is 7.11 Å². The lowest BCUT2D eigenvalue weighted by Gasteiger charge is -2.34. The molecule has 1 aromatic rings. The first-order valence-electron chi connectivity index (χ1n) is 8.56. The summed E-state index contributed by atoms with van der Waals surface area (Å²) in [5, 5.41) is 0. The molecule has 0 unspecified atom stereocenters. The summed E-state index contributed by atoms with van der Waals surface area (Å²) in [5.74, 6) is -0.388. The van der Waals surface area contributed by atoms with Crippen molar-refractivity contribution in [1.82, 2.24) is 4.90 Å². The van der Waals surface area contributed by atoms with Crippen LogP contribution in [0.1, 0.15) is 50.5 Å². The van der Waals surface area contributed by atoms with Gasteiger partial charge in [-0.3, -0.25) is 4.90 Å². The molecule has 1 amide bonds. The number of amides is 1. The van der Waals surface area contributed by atoms with Crippen molar-refractivity contribution in [1.29, 1.82) is 0 Å². The molecule has 0 spiro atoms. The van der Waals surface area contributed by atoms with Crippen molar-refractivity contribution in [2.75, 3.05) is 13.7 Å². The first kappa shape index (κ1) is 20.0. The van der Waals surface area contributed by atoms with Gasteiger partial charge in [-0.25, -0.2) is 9.59 Å². The van der Waals surface area contributed by atoms with E-state index in [2.05, 4.69) is 0 Å². The Morgan fingerprint density at radius 3 is 2.62 bits per heavy atom. The van der Waals surface area contributed by atoms with Gasteiger partial charge in [0.15, 0.2) is 0 Å². The largest absolute Gasteiger partial charge is 0.465 e. The third kappa shape index (κ3) is 4.85. The molecule has 0 N–H and O–H groups in total. The zero-order valence-electron chi connectivity index (χ0n) is 16.2. The second-order valence-electron chi connectivity index (χ2n) is 7.65. The van der Waals surface area contributed by atoms with Crippen LogP contribution in [0, 0.1) is 0 Å². The Kier molecular flexibility index (Phi) is 5.76. The van der Waals surface area contributed by atoms with Crippen LogP contribution in [0.2, 0.25) is 0 Å². The molecule has 2 rings (SSSR count). The van der Waals surface area contributed by atoms with E-state index >= 15 is 0 Å². The molecule has 1 atom stereocenters. The highest BCUT2D eigenvalue weighted by Crippen LogP contribution is 2.30. The Balaban J connectivity index is 2.20. The van der Waals surface area contributed by atoms with Crippen LogP contribution in [0.15, 0.2) is 30.3 Å². The topological polar surface area (TPSA) is 65.1 Å². The normalized spacial score (nSPS) is 19.6. The van der Waals surface area contributed by atoms with Crippen LogP contribution in [0.25, 0.3) is 6.08 Å². The zero-order valence-corrected chi connectivity index (χ0v) is 16.2. The summed E-state index contributed by atoms with van der Waals surface area (Å²) in [7, 11) is 1.35. The predicted molar refractivity (Wildman–Crippen MR) is 98.7 cm³/mol. The molecule has 1 aliphatic rings. The van der Waals surface area contributed by atoms with E-state index in [1.54, 1.807) is 23.1 Å². The van der Waals surface area contributed by atoms with E-state index in [1.807, 2.05) is 52.8 Å². The highest BCUT2D eigenvalue weighted by molar-refractivity contribution is 5.90. The molecule has 6 heteroatoms. The van der Waals surface area contributed by atoms with Gasteiger partial charge in [-0.15, -0.1) is 0 Å². The fourth-order valence-corrected chi connectivity index (χ4v) is 2.75. The number of rotatable bonds is 3. The first-order chi connectivity index (χ1) is 12.0. The lowest BCUT2D eigenvalue weighted by molar-refractivity contribution is -0.0610. The van der Waals surface area contributed by atoms with Crippen molar-refractivity contribution >= 4 is 18.1 Å². The molecule has 1 aromatic carbocycles. The van der Waals surface area contributed by atoms with Gasteiger partial charge in [-0.1, -0.05) is 24.3 Å². The van der Waals surface area contributed by atoms with Crippen molar-refractivity contribution in [3.05, 3.63) is 41.5 Å². The van der Waals surface area contributed by atoms with Gasteiger partial charge in [0.1, 0.15) is 11.3 Å². The molecule has 0 bridgehead atoms. The highest BCUT2D eigenvalue weighted by Gasteiger charge is 2.44. The van der Waals surface area contributed by atoms with Gasteiger partial charge in [0.2, 0.25) is 0 Å². The number of nitrogens with zero attached hydrogens (tertiary/aromatic N) is 1. The number of hydrogen-bond acceptors (Lipinski definition) is 5. The predicted octanol–water partition coefficient (Wildman–Crippen LogP) is 3.86. The van der Waals surface area contributed by atoms with Crippen LogP contribution >= 0.6 is 0 Å². The van der Waals surface area contributed by atoms with Crippen molar-refractivity contribution in [2.45, 2.75) is 52.0 Å². The maximum absolute atomic E-state index is 12.6. The summed E-state index contributed by atoms with van der Waals surface area (Å²) in [5.41, 5.74) is -0.0345. The maximum Gasteiger partial charge on any atom is 0.413 e. The summed E-state index contributed by atoms with van der Waals surface area (Å²) >= 11 is 0. The van der Waals surface area contributed by atoms with Gasteiger partial charge in [0.05, 0.1) is 25.3 Å². The van der Waals surface area contributed by atoms with Crippen molar-refractivity contribution < 1.29 is 23.8 Å². The minimum Gasteiger partial charge on any atom is -0.465 e. The molecule has 0 saturated carbocycles. The van der Waals surface area contributed by atoms with E-state index in [0.29, 0.717) is 12.2 Å². The van der Waals surface area contributed by atoms with Crippen molar-refractivity contribution in [3.63, 3.8) is 0 Å². The molecule has 26 heavy (non-hydrogen) atoms. The Bertz CT molecular complexity index is 702. The Morgan fingerprint density at radius 1 is 1.31 bits per heavy atom. The van der Waals surface area contributed by atoms with Gasteiger partial charge in [0.25, 0.3) is 0 Å². The monoisotopic (exact) mass is 361 g/mol. The SMILES string of the molecule is COC(=O)c1cccc(/C=C/[C@H]2COC(C)(C)N2C(=O)OC(C)(C)C)c1. The van der Waals surface area contributed by atoms with E-state index in [9.17, 15) is 9.59 Å². The molecule has 142 valence electrons. The first-order valence-corrected chi connectivity index (χ1v) is 8.56. The van der Waals surface area contributed by atoms with Crippen molar-refractivity contribution in [2.24, 2.45) is 0 Å². The molecule has 0 radical (unpaired) electrons. The van der Waals surface area contributed by atoms with Gasteiger partial charge >= 0.3 is 12.1 Å². The molecule has 1 aliphatic heterocycles. The van der Waals surface area contributed by atoms with Crippen LogP contribution in [-0.2, 0) is 14.2 Å². The summed E-state index contributed by atoms with van der Waals surface area (Å²) in [4.78, 5) is 25.9. The number of ether oxygens (including phenoxy) is 3. The Hall–Kier alpha value is -2.34. The summed E-state index contributed by atoms with van der Waals surface area (Å²) in [6, 6.07) is 6.83. The van der Waals surface area contributed by atoms with Gasteiger partial charge < -0.3 is 14.2 Å². The molecule has 1 heterocycles. The fraction of sp³-hybridized carbons (Fsp3) is 0.500. The Labute approximate surface area is 154 Å². The fourth-order valence-electron chi connectivity index (χ4n) is 2.75. The summed E-state index contributed by atoms with van der Waals surface area (Å²) < 4.78 is 16.0. The lowest BCUT2D eigenvalue weighted by atomic mass is 10.1. The van der Waals surface area contributed by atoms with E-state index in [0.717, 1.165) is 5.56 Å². The number of carbonyl (C=O) groups is 2. The van der Waals surface area contributed by atoms with Gasteiger partial charge in [-0.2, -0.15) is 0 Å². The Morgan fingerprint density at radius 2 is 2.00 bits per heavy atom. The average molecular weight is 361 g/mol. The van der Waals surface area contributed by atoms with Crippen LogP contribution < -0.4 is 0 Å². The van der Waals surface area contributed by atoms with E-state index in [4.69, 9.17) is 14.2 Å². The second-order valence-corrected chi connectivity index (χ2v) is 7.65. The zero-order chi connectivity index (χ0) is 19.5. The average Bonchev–Trinajstić information content (AvgIpc) is 2.85. The molecular weight excluding hydrogens is 334 g/mol. The molecule has 0 aromatic heterocycles. The minimum atomic E-state index is -0.759. The van der Waals surface area contributed by atoms with Crippen molar-refractivity contribution in [3.8, 4) is 0 Å². The van der Waals surface area contributed by atoms with Gasteiger partial charge in [-0.05, 0) is 52.3 Å². The molecule has 6 nitrogen and oxygen atoms in total. The summed E-state index contributed by atoms with van der Waals surface area (Å²) in [6.07, 6.45) is 3.33. The van der Waals surface area contributed by atoms with Crippen LogP contribution in [0.4, 0.5) is 4.79 Å². The molecule has 0 aliphatic carbocycles. The second kappa shape index (κ2) is 7.50. The third-order valence-electron chi connectivity index (χ3n) is 3.93. The lowest BCUT2D eigenvalue weighted by Crippen LogP contribution is -2.49. The van der Waals surface area contributed by atoms with Gasteiger partial charge in [0, 0.05) is 0 Å². The van der Waals surface area contributed by atoms with Crippen LogP contribution in [0.5, 0.6) is 0 Å². The quantitative estimate of drug-likeness (QED) is 0.765. The molecular formula is C20H27NO5. The highest BCUT2D eigenvalue weighted by atomic mass is 16.6. The minimum absolute atomic E-state index is 0.262. The third-order valence-corrected chi connectivity index (χ3v) is 3.93. The number of benzene rings is 1. The number of esters is 1. The molecule has 1 saturated heterocycles. The van der Waals surface area contributed by atoms with E-state index < -0.39 is 17.4 Å². The maximum atomic E-state index is 12.6. The van der Waals surface area contributed by atoms with Crippen LogP contribution in [0.3, 0.4) is 0 Å². The summed E-state index contributed by atoms with van der Waals surface area (Å²) in [6.45, 7) is 9.54. The smallest absolute Gasteiger partial charge is 0.413 e. The standard InChI is InChI=1S/C20H27NO5/c1-19(2,3)26-18(23)21-16(13-25-20(21,4)5)11-10-14-8-7-9-15(12-14)17(22)24-6/h7-12,16H,13H2,1-6H3/b11-10+/t16-/m0/s1. The van der Waals surface area contributed by atoms with E-state index in [-0.39, 0.29) is 12.0 Å². The number of carbonyl (C=O) groups excluding carboxylic acids is 2. The molecule has 1 fully saturated rings. The number of hydrogen-bond donors (Lipinski definition) is 0. The number of methoxy groups -OCH3 is 1. The van der Waals surface area contributed by atoms with Crippen LogP contribution in [-0.4, -0.2) is 48.0 Å².